The third kappa shape index (κ3) is 4.90. The number of rotatable bonds is 6. The maximum absolute atomic E-state index is 12.8. The van der Waals surface area contributed by atoms with Crippen molar-refractivity contribution in [1.82, 2.24) is 10.2 Å². The Morgan fingerprint density at radius 1 is 1.00 bits per heavy atom. The fourth-order valence-electron chi connectivity index (χ4n) is 4.44. The minimum atomic E-state index is -0.259. The summed E-state index contributed by atoms with van der Waals surface area (Å²) < 4.78 is 0. The molecule has 0 aromatic heterocycles. The highest BCUT2D eigenvalue weighted by atomic mass is 16.2. The largest absolute Gasteiger partial charge is 0.353 e. The van der Waals surface area contributed by atoms with Gasteiger partial charge in [-0.2, -0.15) is 0 Å². The van der Waals surface area contributed by atoms with Crippen molar-refractivity contribution in [1.29, 1.82) is 0 Å². The van der Waals surface area contributed by atoms with Crippen LogP contribution >= 0.6 is 0 Å². The molecule has 158 valence electrons. The average Bonchev–Trinajstić information content (AvgIpc) is 3.18. The number of carbonyl (C=O) groups excluding carboxylic acids is 2. The van der Waals surface area contributed by atoms with Crippen LogP contribution in [0.4, 0.5) is 5.69 Å². The van der Waals surface area contributed by atoms with Crippen LogP contribution in [0, 0.1) is 5.92 Å². The van der Waals surface area contributed by atoms with E-state index in [0.717, 1.165) is 44.6 Å². The first-order valence-corrected chi connectivity index (χ1v) is 11.1. The molecule has 2 aliphatic heterocycles. The molecule has 1 atom stereocenters. The van der Waals surface area contributed by atoms with Gasteiger partial charge in [-0.3, -0.25) is 14.5 Å². The highest BCUT2D eigenvalue weighted by molar-refractivity contribution is 6.00. The van der Waals surface area contributed by atoms with Crippen LogP contribution < -0.4 is 10.2 Å². The quantitative estimate of drug-likeness (QED) is 0.802. The summed E-state index contributed by atoms with van der Waals surface area (Å²) in [5.74, 6) is -0.194. The van der Waals surface area contributed by atoms with E-state index in [1.165, 1.54) is 11.1 Å². The monoisotopic (exact) mass is 405 g/mol. The number of likely N-dealkylation sites (tertiary alicyclic amines) is 1. The van der Waals surface area contributed by atoms with E-state index in [9.17, 15) is 9.59 Å². The standard InChI is InChI=1S/C25H31N3O2/c1-2-19-8-10-23(11-9-19)28-18-21(16-24(28)29)25(30)26-22-12-14-27(15-13-22)17-20-6-4-3-5-7-20/h3-11,21-22H,2,12-18H2,1H3,(H,26,30). The number of carbonyl (C=O) groups is 2. The van der Waals surface area contributed by atoms with Gasteiger partial charge < -0.3 is 10.2 Å². The zero-order chi connectivity index (χ0) is 20.9. The molecule has 0 aliphatic carbocycles. The van der Waals surface area contributed by atoms with Crippen LogP contribution in [0.1, 0.15) is 37.3 Å². The van der Waals surface area contributed by atoms with Gasteiger partial charge >= 0.3 is 0 Å². The number of nitrogens with one attached hydrogen (secondary N) is 1. The van der Waals surface area contributed by atoms with Crippen LogP contribution in [-0.2, 0) is 22.6 Å². The van der Waals surface area contributed by atoms with Crippen molar-refractivity contribution >= 4 is 17.5 Å². The molecule has 0 saturated carbocycles. The SMILES string of the molecule is CCc1ccc(N2CC(C(=O)NC3CCN(Cc4ccccc4)CC3)CC2=O)cc1. The summed E-state index contributed by atoms with van der Waals surface area (Å²) in [6, 6.07) is 18.8. The van der Waals surface area contributed by atoms with Gasteiger partial charge in [0.25, 0.3) is 0 Å². The third-order valence-electron chi connectivity index (χ3n) is 6.34. The number of anilines is 1. The molecule has 5 nitrogen and oxygen atoms in total. The van der Waals surface area contributed by atoms with Crippen LogP contribution in [0.3, 0.4) is 0 Å². The Balaban J connectivity index is 1.26. The second kappa shape index (κ2) is 9.43. The molecule has 2 fully saturated rings. The Morgan fingerprint density at radius 3 is 2.37 bits per heavy atom. The van der Waals surface area contributed by atoms with Crippen molar-refractivity contribution in [3.8, 4) is 0 Å². The predicted octanol–water partition coefficient (Wildman–Crippen LogP) is 3.38. The minimum absolute atomic E-state index is 0.0255. The highest BCUT2D eigenvalue weighted by Gasteiger charge is 2.36. The fourth-order valence-corrected chi connectivity index (χ4v) is 4.44. The molecule has 2 amide bonds. The molecule has 2 heterocycles. The third-order valence-corrected chi connectivity index (χ3v) is 6.34. The normalized spacial score (nSPS) is 20.5. The van der Waals surface area contributed by atoms with Crippen LogP contribution in [0.15, 0.2) is 54.6 Å². The molecule has 0 spiro atoms. The van der Waals surface area contributed by atoms with E-state index in [1.807, 2.05) is 18.2 Å². The summed E-state index contributed by atoms with van der Waals surface area (Å²) in [5, 5.41) is 3.21. The van der Waals surface area contributed by atoms with Gasteiger partial charge in [0, 0.05) is 44.3 Å². The van der Waals surface area contributed by atoms with E-state index in [1.54, 1.807) is 4.90 Å². The topological polar surface area (TPSA) is 52.7 Å². The maximum atomic E-state index is 12.8. The number of aryl methyl sites for hydroxylation is 1. The molecular weight excluding hydrogens is 374 g/mol. The van der Waals surface area contributed by atoms with E-state index in [-0.39, 0.29) is 23.8 Å². The molecule has 1 unspecified atom stereocenters. The number of amides is 2. The Bertz CT molecular complexity index is 858. The minimum Gasteiger partial charge on any atom is -0.353 e. The molecule has 2 aliphatic rings. The summed E-state index contributed by atoms with van der Waals surface area (Å²) in [6.45, 7) is 5.52. The fraction of sp³-hybridized carbons (Fsp3) is 0.440. The van der Waals surface area contributed by atoms with Gasteiger partial charge in [0.1, 0.15) is 0 Å². The van der Waals surface area contributed by atoms with Crippen LogP contribution in [-0.4, -0.2) is 42.4 Å². The number of hydrogen-bond acceptors (Lipinski definition) is 3. The van der Waals surface area contributed by atoms with E-state index >= 15 is 0 Å². The Morgan fingerprint density at radius 2 is 1.70 bits per heavy atom. The molecule has 4 rings (SSSR count). The molecule has 0 bridgehead atoms. The summed E-state index contributed by atoms with van der Waals surface area (Å²) in [6.07, 6.45) is 3.19. The first-order chi connectivity index (χ1) is 14.6. The first-order valence-electron chi connectivity index (χ1n) is 11.1. The molecule has 2 saturated heterocycles. The van der Waals surface area contributed by atoms with E-state index in [2.05, 4.69) is 53.5 Å². The van der Waals surface area contributed by atoms with Gasteiger partial charge in [0.05, 0.1) is 5.92 Å². The molecule has 2 aromatic rings. The zero-order valence-electron chi connectivity index (χ0n) is 17.7. The molecule has 0 radical (unpaired) electrons. The molecular formula is C25H31N3O2. The van der Waals surface area contributed by atoms with Crippen molar-refractivity contribution in [3.05, 3.63) is 65.7 Å². The summed E-state index contributed by atoms with van der Waals surface area (Å²) in [5.41, 5.74) is 3.47. The van der Waals surface area contributed by atoms with Crippen molar-refractivity contribution in [2.45, 2.75) is 45.2 Å². The van der Waals surface area contributed by atoms with Gasteiger partial charge in [-0.05, 0) is 42.5 Å². The number of hydrogen-bond donors (Lipinski definition) is 1. The lowest BCUT2D eigenvalue weighted by molar-refractivity contribution is -0.127. The number of nitrogens with zero attached hydrogens (tertiary/aromatic N) is 2. The van der Waals surface area contributed by atoms with Crippen molar-refractivity contribution < 1.29 is 9.59 Å². The van der Waals surface area contributed by atoms with Crippen LogP contribution in [0.2, 0.25) is 0 Å². The van der Waals surface area contributed by atoms with E-state index < -0.39 is 0 Å². The Labute approximate surface area is 179 Å². The van der Waals surface area contributed by atoms with Crippen molar-refractivity contribution in [3.63, 3.8) is 0 Å². The van der Waals surface area contributed by atoms with Gasteiger partial charge in [-0.25, -0.2) is 0 Å². The van der Waals surface area contributed by atoms with E-state index in [0.29, 0.717) is 13.0 Å². The smallest absolute Gasteiger partial charge is 0.227 e. The van der Waals surface area contributed by atoms with Crippen molar-refractivity contribution in [2.24, 2.45) is 5.92 Å². The lowest BCUT2D eigenvalue weighted by Crippen LogP contribution is -2.46. The Kier molecular flexibility index (Phi) is 6.48. The molecule has 30 heavy (non-hydrogen) atoms. The van der Waals surface area contributed by atoms with Gasteiger partial charge in [-0.15, -0.1) is 0 Å². The summed E-state index contributed by atoms with van der Waals surface area (Å²) in [7, 11) is 0. The maximum Gasteiger partial charge on any atom is 0.227 e. The second-order valence-corrected chi connectivity index (χ2v) is 8.47. The zero-order valence-corrected chi connectivity index (χ0v) is 17.7. The van der Waals surface area contributed by atoms with Crippen LogP contribution in [0.25, 0.3) is 0 Å². The van der Waals surface area contributed by atoms with Gasteiger partial charge in [-0.1, -0.05) is 49.4 Å². The highest BCUT2D eigenvalue weighted by Crippen LogP contribution is 2.26. The molecule has 2 aromatic carbocycles. The number of benzene rings is 2. The molecule has 1 N–H and O–H groups in total. The van der Waals surface area contributed by atoms with E-state index in [4.69, 9.17) is 0 Å². The van der Waals surface area contributed by atoms with Gasteiger partial charge in [0.15, 0.2) is 0 Å². The average molecular weight is 406 g/mol. The molecule has 5 heteroatoms. The van der Waals surface area contributed by atoms with Crippen molar-refractivity contribution in [2.75, 3.05) is 24.5 Å². The lowest BCUT2D eigenvalue weighted by atomic mass is 10.0. The summed E-state index contributed by atoms with van der Waals surface area (Å²) in [4.78, 5) is 29.5. The first kappa shape index (κ1) is 20.6. The predicted molar refractivity (Wildman–Crippen MR) is 119 cm³/mol. The van der Waals surface area contributed by atoms with Gasteiger partial charge in [0.2, 0.25) is 11.8 Å². The Hall–Kier alpha value is -2.66. The summed E-state index contributed by atoms with van der Waals surface area (Å²) >= 11 is 0. The van der Waals surface area contributed by atoms with Crippen LogP contribution in [0.5, 0.6) is 0 Å². The number of piperidine rings is 1. The second-order valence-electron chi connectivity index (χ2n) is 8.47. The lowest BCUT2D eigenvalue weighted by Gasteiger charge is -2.32.